The van der Waals surface area contributed by atoms with Gasteiger partial charge in [-0.25, -0.2) is 9.97 Å². The van der Waals surface area contributed by atoms with Crippen molar-refractivity contribution in [2.75, 3.05) is 43.9 Å². The van der Waals surface area contributed by atoms with E-state index in [1.165, 1.54) is 6.33 Å². The van der Waals surface area contributed by atoms with Crippen LogP contribution in [0, 0.1) is 10.1 Å². The van der Waals surface area contributed by atoms with Gasteiger partial charge in [-0.1, -0.05) is 0 Å². The topological polar surface area (TPSA) is 104 Å². The standard InChI is InChI=1S/C10H14N6O3/c1-11-9-8(16(18)19)10(13-6-12-9)15-4-3-14(2)7(17)5-15/h6H,3-5H2,1-2H3,(H,11,12,13). The Kier molecular flexibility index (Phi) is 3.45. The van der Waals surface area contributed by atoms with Crippen LogP contribution in [0.4, 0.5) is 17.3 Å². The number of nitrogens with zero attached hydrogens (tertiary/aromatic N) is 5. The maximum Gasteiger partial charge on any atom is 0.353 e. The minimum atomic E-state index is -0.538. The third kappa shape index (κ3) is 2.39. The first-order valence-electron chi connectivity index (χ1n) is 5.70. The lowest BCUT2D eigenvalue weighted by molar-refractivity contribution is -0.383. The third-order valence-electron chi connectivity index (χ3n) is 2.98. The van der Waals surface area contributed by atoms with E-state index in [9.17, 15) is 14.9 Å². The van der Waals surface area contributed by atoms with E-state index >= 15 is 0 Å². The number of hydrogen-bond donors (Lipinski definition) is 1. The van der Waals surface area contributed by atoms with E-state index in [0.29, 0.717) is 13.1 Å². The number of anilines is 2. The van der Waals surface area contributed by atoms with Gasteiger partial charge >= 0.3 is 5.69 Å². The Labute approximate surface area is 109 Å². The maximum atomic E-state index is 11.7. The lowest BCUT2D eigenvalue weighted by atomic mass is 10.3. The molecule has 1 aromatic heterocycles. The van der Waals surface area contributed by atoms with Crippen molar-refractivity contribution in [1.82, 2.24) is 14.9 Å². The van der Waals surface area contributed by atoms with Gasteiger partial charge < -0.3 is 15.1 Å². The molecule has 9 heteroatoms. The molecule has 0 saturated carbocycles. The zero-order valence-electron chi connectivity index (χ0n) is 10.7. The van der Waals surface area contributed by atoms with Crippen molar-refractivity contribution in [3.05, 3.63) is 16.4 Å². The van der Waals surface area contributed by atoms with Gasteiger partial charge in [-0.05, 0) is 0 Å². The average molecular weight is 266 g/mol. The fraction of sp³-hybridized carbons (Fsp3) is 0.500. The lowest BCUT2D eigenvalue weighted by Crippen LogP contribution is -2.49. The van der Waals surface area contributed by atoms with Crippen molar-refractivity contribution in [2.24, 2.45) is 0 Å². The molecule has 0 radical (unpaired) electrons. The first kappa shape index (κ1) is 13.0. The lowest BCUT2D eigenvalue weighted by Gasteiger charge is -2.32. The predicted molar refractivity (Wildman–Crippen MR) is 68.1 cm³/mol. The average Bonchev–Trinajstić information content (AvgIpc) is 2.40. The van der Waals surface area contributed by atoms with Gasteiger partial charge in [0, 0.05) is 27.2 Å². The molecule has 1 saturated heterocycles. The van der Waals surface area contributed by atoms with Crippen LogP contribution in [-0.2, 0) is 4.79 Å². The number of nitrogens with one attached hydrogen (secondary N) is 1. The first-order chi connectivity index (χ1) is 9.04. The number of aromatic nitrogens is 2. The largest absolute Gasteiger partial charge is 0.367 e. The van der Waals surface area contributed by atoms with Crippen molar-refractivity contribution in [1.29, 1.82) is 0 Å². The summed E-state index contributed by atoms with van der Waals surface area (Å²) in [5, 5.41) is 13.8. The SMILES string of the molecule is CNc1ncnc(N2CCN(C)C(=O)C2)c1[N+](=O)[O-]. The third-order valence-corrected chi connectivity index (χ3v) is 2.98. The van der Waals surface area contributed by atoms with Gasteiger partial charge in [-0.3, -0.25) is 14.9 Å². The molecule has 2 rings (SSSR count). The predicted octanol–water partition coefficient (Wildman–Crippen LogP) is -0.295. The number of carbonyl (C=O) groups excluding carboxylic acids is 1. The zero-order chi connectivity index (χ0) is 14.0. The van der Waals surface area contributed by atoms with Crippen LogP contribution in [0.5, 0.6) is 0 Å². The Balaban J connectivity index is 2.39. The molecular formula is C10H14N6O3. The van der Waals surface area contributed by atoms with Crippen LogP contribution < -0.4 is 10.2 Å². The van der Waals surface area contributed by atoms with Crippen molar-refractivity contribution in [3.63, 3.8) is 0 Å². The molecule has 1 aliphatic heterocycles. The van der Waals surface area contributed by atoms with Crippen LogP contribution in [0.1, 0.15) is 0 Å². The first-order valence-corrected chi connectivity index (χ1v) is 5.70. The molecule has 1 N–H and O–H groups in total. The second-order valence-corrected chi connectivity index (χ2v) is 4.14. The van der Waals surface area contributed by atoms with Crippen LogP contribution >= 0.6 is 0 Å². The summed E-state index contributed by atoms with van der Waals surface area (Å²) in [5.41, 5.74) is -0.206. The van der Waals surface area contributed by atoms with E-state index < -0.39 is 4.92 Å². The van der Waals surface area contributed by atoms with Gasteiger partial charge in [0.2, 0.25) is 17.5 Å². The molecule has 9 nitrogen and oxygen atoms in total. The summed E-state index contributed by atoms with van der Waals surface area (Å²) >= 11 is 0. The molecular weight excluding hydrogens is 252 g/mol. The van der Waals surface area contributed by atoms with Crippen LogP contribution in [0.2, 0.25) is 0 Å². The van der Waals surface area contributed by atoms with E-state index in [-0.39, 0.29) is 29.8 Å². The van der Waals surface area contributed by atoms with E-state index in [0.717, 1.165) is 0 Å². The van der Waals surface area contributed by atoms with Crippen molar-refractivity contribution < 1.29 is 9.72 Å². The molecule has 1 aromatic rings. The van der Waals surface area contributed by atoms with Crippen LogP contribution in [0.3, 0.4) is 0 Å². The quantitative estimate of drug-likeness (QED) is 0.591. The summed E-state index contributed by atoms with van der Waals surface area (Å²) in [4.78, 5) is 33.2. The molecule has 1 aliphatic rings. The summed E-state index contributed by atoms with van der Waals surface area (Å²) < 4.78 is 0. The fourth-order valence-electron chi connectivity index (χ4n) is 1.89. The summed E-state index contributed by atoms with van der Waals surface area (Å²) in [6, 6.07) is 0. The highest BCUT2D eigenvalue weighted by Crippen LogP contribution is 2.31. The molecule has 102 valence electrons. The van der Waals surface area contributed by atoms with E-state index in [2.05, 4.69) is 15.3 Å². The monoisotopic (exact) mass is 266 g/mol. The van der Waals surface area contributed by atoms with Crippen LogP contribution in [0.15, 0.2) is 6.33 Å². The van der Waals surface area contributed by atoms with Crippen LogP contribution in [0.25, 0.3) is 0 Å². The summed E-state index contributed by atoms with van der Waals surface area (Å²) in [6.45, 7) is 1.09. The van der Waals surface area contributed by atoms with Gasteiger partial charge in [-0.2, -0.15) is 0 Å². The fourth-order valence-corrected chi connectivity index (χ4v) is 1.89. The molecule has 2 heterocycles. The second kappa shape index (κ2) is 5.04. The van der Waals surface area contributed by atoms with Gasteiger partial charge in [0.25, 0.3) is 0 Å². The Bertz CT molecular complexity index is 520. The normalized spacial score (nSPS) is 15.6. The molecule has 0 spiro atoms. The molecule has 0 aromatic carbocycles. The molecule has 1 amide bonds. The summed E-state index contributed by atoms with van der Waals surface area (Å²) in [6.07, 6.45) is 1.25. The highest BCUT2D eigenvalue weighted by molar-refractivity contribution is 5.84. The highest BCUT2D eigenvalue weighted by atomic mass is 16.6. The van der Waals surface area contributed by atoms with Gasteiger partial charge in [-0.15, -0.1) is 0 Å². The van der Waals surface area contributed by atoms with Crippen molar-refractivity contribution >= 4 is 23.2 Å². The number of piperazine rings is 1. The highest BCUT2D eigenvalue weighted by Gasteiger charge is 2.30. The molecule has 19 heavy (non-hydrogen) atoms. The Hall–Kier alpha value is -2.45. The number of amides is 1. The van der Waals surface area contributed by atoms with Gasteiger partial charge in [0.15, 0.2) is 0 Å². The minimum Gasteiger partial charge on any atom is -0.367 e. The van der Waals surface area contributed by atoms with Crippen molar-refractivity contribution in [2.45, 2.75) is 0 Å². The zero-order valence-corrected chi connectivity index (χ0v) is 10.7. The molecule has 0 bridgehead atoms. The molecule has 0 aliphatic carbocycles. The summed E-state index contributed by atoms with van der Waals surface area (Å²) in [5.74, 6) is 0.220. The summed E-state index contributed by atoms with van der Waals surface area (Å²) in [7, 11) is 3.25. The molecule has 0 atom stereocenters. The Morgan fingerprint density at radius 1 is 1.42 bits per heavy atom. The minimum absolute atomic E-state index is 0.0809. The maximum absolute atomic E-state index is 11.7. The number of likely N-dealkylation sites (N-methyl/N-ethyl adjacent to an activating group) is 1. The number of carbonyl (C=O) groups is 1. The second-order valence-electron chi connectivity index (χ2n) is 4.14. The number of hydrogen-bond acceptors (Lipinski definition) is 7. The number of nitro groups is 1. The number of rotatable bonds is 3. The van der Waals surface area contributed by atoms with E-state index in [4.69, 9.17) is 0 Å². The van der Waals surface area contributed by atoms with Crippen LogP contribution in [-0.4, -0.2) is 59.4 Å². The smallest absolute Gasteiger partial charge is 0.353 e. The molecule has 0 unspecified atom stereocenters. The van der Waals surface area contributed by atoms with E-state index in [1.54, 1.807) is 23.9 Å². The van der Waals surface area contributed by atoms with Gasteiger partial charge in [0.1, 0.15) is 6.33 Å². The van der Waals surface area contributed by atoms with E-state index in [1.807, 2.05) is 0 Å². The Morgan fingerprint density at radius 2 is 2.16 bits per heavy atom. The Morgan fingerprint density at radius 3 is 2.74 bits per heavy atom. The molecule has 1 fully saturated rings. The van der Waals surface area contributed by atoms with Crippen molar-refractivity contribution in [3.8, 4) is 0 Å². The van der Waals surface area contributed by atoms with Gasteiger partial charge in [0.05, 0.1) is 11.5 Å².